The summed E-state index contributed by atoms with van der Waals surface area (Å²) in [4.78, 5) is 32.3. The van der Waals surface area contributed by atoms with Crippen molar-refractivity contribution in [1.82, 2.24) is 5.32 Å². The highest BCUT2D eigenvalue weighted by molar-refractivity contribution is 6.40. The first-order valence-corrected chi connectivity index (χ1v) is 11.4. The highest BCUT2D eigenvalue weighted by atomic mass is 16.6. The lowest BCUT2D eigenvalue weighted by molar-refractivity contribution is -0.164. The van der Waals surface area contributed by atoms with E-state index in [4.69, 9.17) is 4.84 Å². The number of ketones is 2. The fourth-order valence-electron chi connectivity index (χ4n) is 7.51. The van der Waals surface area contributed by atoms with E-state index >= 15 is 0 Å². The van der Waals surface area contributed by atoms with Gasteiger partial charge >= 0.3 is 0 Å². The zero-order valence-electron chi connectivity index (χ0n) is 17.3. The first kappa shape index (κ1) is 18.8. The molecule has 0 spiro atoms. The first-order chi connectivity index (χ1) is 13.4. The molecule has 5 heteroatoms. The molecule has 1 unspecified atom stereocenters. The third-order valence-corrected chi connectivity index (χ3v) is 9.29. The highest BCUT2D eigenvalue weighted by Gasteiger charge is 2.63. The average Bonchev–Trinajstić information content (AvgIpc) is 3.33. The number of oxime groups is 1. The molecule has 4 saturated carbocycles. The van der Waals surface area contributed by atoms with Gasteiger partial charge in [-0.2, -0.15) is 0 Å². The summed E-state index contributed by atoms with van der Waals surface area (Å²) in [5.41, 5.74) is 1.22. The van der Waals surface area contributed by atoms with Crippen LogP contribution in [0.1, 0.15) is 71.6 Å². The van der Waals surface area contributed by atoms with Crippen LogP contribution in [0.25, 0.3) is 0 Å². The van der Waals surface area contributed by atoms with Crippen LogP contribution in [-0.2, 0) is 14.4 Å². The molecule has 5 fully saturated rings. The monoisotopic (exact) mass is 386 g/mol. The molecule has 5 aliphatic rings. The van der Waals surface area contributed by atoms with Crippen LogP contribution in [0.2, 0.25) is 0 Å². The van der Waals surface area contributed by atoms with E-state index in [1.165, 1.54) is 19.3 Å². The Bertz CT molecular complexity index is 713. The van der Waals surface area contributed by atoms with E-state index in [9.17, 15) is 9.59 Å². The minimum Gasteiger partial charge on any atom is -0.391 e. The smallest absolute Gasteiger partial charge is 0.202 e. The molecule has 0 bridgehead atoms. The van der Waals surface area contributed by atoms with Gasteiger partial charge in [0.15, 0.2) is 0 Å². The van der Waals surface area contributed by atoms with Gasteiger partial charge < -0.3 is 10.2 Å². The molecule has 5 rings (SSSR count). The second kappa shape index (κ2) is 6.65. The molecule has 4 aliphatic carbocycles. The van der Waals surface area contributed by atoms with Crippen LogP contribution in [0.3, 0.4) is 0 Å². The Hall–Kier alpha value is -1.23. The van der Waals surface area contributed by atoms with Crippen LogP contribution in [0.5, 0.6) is 0 Å². The van der Waals surface area contributed by atoms with Gasteiger partial charge in [-0.05, 0) is 74.2 Å². The topological polar surface area (TPSA) is 67.8 Å². The van der Waals surface area contributed by atoms with E-state index in [1.807, 2.05) is 0 Å². The number of rotatable bonds is 2. The van der Waals surface area contributed by atoms with Crippen LogP contribution in [0, 0.1) is 34.5 Å². The van der Waals surface area contributed by atoms with Crippen molar-refractivity contribution < 1.29 is 14.4 Å². The van der Waals surface area contributed by atoms with Gasteiger partial charge in [-0.3, -0.25) is 9.59 Å². The molecule has 0 radical (unpaired) electrons. The molecule has 1 heterocycles. The molecule has 5 nitrogen and oxygen atoms in total. The van der Waals surface area contributed by atoms with Crippen molar-refractivity contribution in [2.75, 3.05) is 13.1 Å². The van der Waals surface area contributed by atoms with Crippen LogP contribution >= 0.6 is 0 Å². The van der Waals surface area contributed by atoms with Gasteiger partial charge in [0.1, 0.15) is 6.10 Å². The molecule has 1 aliphatic heterocycles. The quantitative estimate of drug-likeness (QED) is 0.582. The number of hydrogen-bond acceptors (Lipinski definition) is 5. The Kier molecular flexibility index (Phi) is 4.46. The van der Waals surface area contributed by atoms with Crippen LogP contribution in [0.15, 0.2) is 5.16 Å². The Morgan fingerprint density at radius 1 is 1.04 bits per heavy atom. The summed E-state index contributed by atoms with van der Waals surface area (Å²) in [7, 11) is 0. The first-order valence-electron chi connectivity index (χ1n) is 11.4. The fraction of sp³-hybridized carbons (Fsp3) is 0.870. The lowest BCUT2D eigenvalue weighted by Gasteiger charge is -2.58. The van der Waals surface area contributed by atoms with E-state index in [2.05, 4.69) is 24.3 Å². The third kappa shape index (κ3) is 2.72. The summed E-state index contributed by atoms with van der Waals surface area (Å²) in [6, 6.07) is 0. The highest BCUT2D eigenvalue weighted by Crippen LogP contribution is 2.64. The Balaban J connectivity index is 1.39. The maximum absolute atomic E-state index is 13.3. The number of nitrogens with zero attached hydrogens (tertiary/aromatic N) is 1. The largest absolute Gasteiger partial charge is 0.391 e. The van der Waals surface area contributed by atoms with Crippen molar-refractivity contribution in [3.8, 4) is 0 Å². The second-order valence-electron chi connectivity index (χ2n) is 10.7. The SMILES string of the molecule is C[C@@]12CCC[C@H]1[C@@H]1C(=O)C(=O)C3CC(=NO[C@H]4CCNC4)CC[C@]3(C)[C@H]1CC2. The van der Waals surface area contributed by atoms with Gasteiger partial charge in [-0.25, -0.2) is 0 Å². The minimum absolute atomic E-state index is 0.0192. The van der Waals surface area contributed by atoms with E-state index in [0.29, 0.717) is 18.3 Å². The third-order valence-electron chi connectivity index (χ3n) is 9.29. The zero-order chi connectivity index (χ0) is 19.5. The van der Waals surface area contributed by atoms with Gasteiger partial charge in [-0.1, -0.05) is 25.4 Å². The van der Waals surface area contributed by atoms with Gasteiger partial charge in [-0.15, -0.1) is 0 Å². The Labute approximate surface area is 168 Å². The number of carbonyl (C=O) groups excluding carboxylic acids is 2. The van der Waals surface area contributed by atoms with E-state index in [1.54, 1.807) is 0 Å². The average molecular weight is 387 g/mol. The van der Waals surface area contributed by atoms with Gasteiger partial charge in [0.05, 0.1) is 5.71 Å². The van der Waals surface area contributed by atoms with Gasteiger partial charge in [0.2, 0.25) is 11.6 Å². The number of hydrogen-bond donors (Lipinski definition) is 1. The molecule has 28 heavy (non-hydrogen) atoms. The van der Waals surface area contributed by atoms with Crippen LogP contribution < -0.4 is 5.32 Å². The molecule has 154 valence electrons. The summed E-state index contributed by atoms with van der Waals surface area (Å²) in [6.07, 6.45) is 9.53. The summed E-state index contributed by atoms with van der Waals surface area (Å²) in [5, 5.41) is 7.71. The molecular weight excluding hydrogens is 352 g/mol. The number of fused-ring (bicyclic) bond motifs is 5. The Morgan fingerprint density at radius 3 is 2.68 bits per heavy atom. The summed E-state index contributed by atoms with van der Waals surface area (Å²) >= 11 is 0. The minimum atomic E-state index is -0.190. The lowest BCUT2D eigenvalue weighted by atomic mass is 9.44. The molecule has 0 aromatic heterocycles. The molecular formula is C23H34N2O3. The maximum Gasteiger partial charge on any atom is 0.202 e. The van der Waals surface area contributed by atoms with Gasteiger partial charge in [0.25, 0.3) is 0 Å². The van der Waals surface area contributed by atoms with Crippen molar-refractivity contribution in [2.24, 2.45) is 39.7 Å². The molecule has 0 aromatic rings. The number of nitrogens with one attached hydrogen (secondary N) is 1. The van der Waals surface area contributed by atoms with Crippen LogP contribution in [0.4, 0.5) is 0 Å². The summed E-state index contributed by atoms with van der Waals surface area (Å²) in [6.45, 7) is 6.50. The normalized spacial score (nSPS) is 49.6. The van der Waals surface area contributed by atoms with Crippen molar-refractivity contribution >= 4 is 17.3 Å². The zero-order valence-corrected chi connectivity index (χ0v) is 17.3. The Morgan fingerprint density at radius 2 is 1.89 bits per heavy atom. The predicted molar refractivity (Wildman–Crippen MR) is 107 cm³/mol. The van der Waals surface area contributed by atoms with Gasteiger partial charge in [0, 0.05) is 24.8 Å². The van der Waals surface area contributed by atoms with Crippen molar-refractivity contribution in [1.29, 1.82) is 0 Å². The standard InChI is InChI=1S/C23H34N2O3/c1-22-8-3-4-16(22)19-17(6-9-22)23(2)10-5-14(12-18(23)20(26)21(19)27)25-28-15-7-11-24-13-15/h15-19,24H,3-13H2,1-2H3/t15-,16-,17-,18?,19-,22-,23+/m0/s1. The summed E-state index contributed by atoms with van der Waals surface area (Å²) in [5.74, 6) is 0.440. The van der Waals surface area contributed by atoms with Crippen LogP contribution in [-0.4, -0.2) is 36.5 Å². The van der Waals surface area contributed by atoms with E-state index in [-0.39, 0.29) is 40.3 Å². The van der Waals surface area contributed by atoms with Crippen molar-refractivity contribution in [2.45, 2.75) is 77.7 Å². The second-order valence-corrected chi connectivity index (χ2v) is 10.7. The molecule has 1 saturated heterocycles. The number of carbonyl (C=O) groups is 2. The molecule has 0 aromatic carbocycles. The molecule has 0 amide bonds. The number of Topliss-reactive ketones (excluding diaryl/α,β-unsaturated/α-hetero) is 2. The van der Waals surface area contributed by atoms with E-state index < -0.39 is 0 Å². The van der Waals surface area contributed by atoms with Crippen molar-refractivity contribution in [3.05, 3.63) is 0 Å². The molecule has 7 atom stereocenters. The summed E-state index contributed by atoms with van der Waals surface area (Å²) < 4.78 is 0. The lowest BCUT2D eigenvalue weighted by Crippen LogP contribution is -2.60. The fourth-order valence-corrected chi connectivity index (χ4v) is 7.51. The van der Waals surface area contributed by atoms with Crippen molar-refractivity contribution in [3.63, 3.8) is 0 Å². The maximum atomic E-state index is 13.3. The van der Waals surface area contributed by atoms with E-state index in [0.717, 1.165) is 50.9 Å². The molecule has 1 N–H and O–H groups in total. The predicted octanol–water partition coefficient (Wildman–Crippen LogP) is 3.51.